The van der Waals surface area contributed by atoms with Crippen molar-refractivity contribution in [3.63, 3.8) is 0 Å². The Kier molecular flexibility index (Phi) is 4.22. The molecule has 1 aromatic carbocycles. The Balaban J connectivity index is 2.86. The van der Waals surface area contributed by atoms with Gasteiger partial charge in [0.15, 0.2) is 0 Å². The molecule has 0 saturated carbocycles. The first-order valence-electron chi connectivity index (χ1n) is 5.45. The highest BCUT2D eigenvalue weighted by atomic mass is 35.5. The van der Waals surface area contributed by atoms with Crippen LogP contribution in [0, 0.1) is 6.92 Å². The predicted molar refractivity (Wildman–Crippen MR) is 69.3 cm³/mol. The maximum absolute atomic E-state index is 6.10. The number of hydrogen-bond donors (Lipinski definition) is 1. The minimum atomic E-state index is -0.140. The van der Waals surface area contributed by atoms with Crippen LogP contribution in [0.2, 0.25) is 5.02 Å². The SMILES string of the molecule is COc1cc(C)c(CCC(C)(C)N)cc1Cl. The zero-order chi connectivity index (χ0) is 12.3. The third-order valence-corrected chi connectivity index (χ3v) is 2.94. The monoisotopic (exact) mass is 241 g/mol. The van der Waals surface area contributed by atoms with Crippen molar-refractivity contribution in [1.29, 1.82) is 0 Å². The van der Waals surface area contributed by atoms with Gasteiger partial charge in [0, 0.05) is 5.54 Å². The first kappa shape index (κ1) is 13.3. The molecular formula is C13H20ClNO. The summed E-state index contributed by atoms with van der Waals surface area (Å²) in [5, 5.41) is 0.665. The van der Waals surface area contributed by atoms with Gasteiger partial charge in [0.05, 0.1) is 12.1 Å². The molecule has 16 heavy (non-hydrogen) atoms. The summed E-state index contributed by atoms with van der Waals surface area (Å²) in [5.74, 6) is 0.731. The Morgan fingerprint density at radius 3 is 2.50 bits per heavy atom. The molecule has 0 atom stereocenters. The van der Waals surface area contributed by atoms with Crippen molar-refractivity contribution in [2.45, 2.75) is 39.2 Å². The second-order valence-corrected chi connectivity index (χ2v) is 5.31. The molecule has 1 aromatic rings. The summed E-state index contributed by atoms with van der Waals surface area (Å²) < 4.78 is 5.17. The Labute approximate surface area is 103 Å². The highest BCUT2D eigenvalue weighted by Crippen LogP contribution is 2.28. The third kappa shape index (κ3) is 3.69. The van der Waals surface area contributed by atoms with Crippen molar-refractivity contribution in [2.75, 3.05) is 7.11 Å². The molecule has 0 bridgehead atoms. The lowest BCUT2D eigenvalue weighted by Crippen LogP contribution is -2.32. The second kappa shape index (κ2) is 5.07. The van der Waals surface area contributed by atoms with Gasteiger partial charge >= 0.3 is 0 Å². The molecule has 0 saturated heterocycles. The number of nitrogens with two attached hydrogens (primary N) is 1. The molecular weight excluding hydrogens is 222 g/mol. The van der Waals surface area contributed by atoms with E-state index in [-0.39, 0.29) is 5.54 Å². The van der Waals surface area contributed by atoms with Crippen molar-refractivity contribution >= 4 is 11.6 Å². The highest BCUT2D eigenvalue weighted by molar-refractivity contribution is 6.32. The average Bonchev–Trinajstić information content (AvgIpc) is 2.17. The average molecular weight is 242 g/mol. The number of benzene rings is 1. The maximum atomic E-state index is 6.10. The number of rotatable bonds is 4. The number of halogens is 1. The second-order valence-electron chi connectivity index (χ2n) is 4.90. The topological polar surface area (TPSA) is 35.2 Å². The maximum Gasteiger partial charge on any atom is 0.137 e. The first-order valence-corrected chi connectivity index (χ1v) is 5.83. The van der Waals surface area contributed by atoms with Crippen LogP contribution in [0.3, 0.4) is 0 Å². The normalized spacial score (nSPS) is 11.6. The van der Waals surface area contributed by atoms with E-state index in [0.717, 1.165) is 18.6 Å². The smallest absolute Gasteiger partial charge is 0.137 e. The fraction of sp³-hybridized carbons (Fsp3) is 0.538. The van der Waals surface area contributed by atoms with Gasteiger partial charge in [-0.05, 0) is 56.9 Å². The molecule has 3 heteroatoms. The van der Waals surface area contributed by atoms with Crippen molar-refractivity contribution in [3.8, 4) is 5.75 Å². The van der Waals surface area contributed by atoms with Gasteiger partial charge in [-0.1, -0.05) is 11.6 Å². The van der Waals surface area contributed by atoms with Crippen LogP contribution in [0.4, 0.5) is 0 Å². The summed E-state index contributed by atoms with van der Waals surface area (Å²) in [4.78, 5) is 0. The van der Waals surface area contributed by atoms with Crippen LogP contribution >= 0.6 is 11.6 Å². The van der Waals surface area contributed by atoms with Crippen LogP contribution in [0.25, 0.3) is 0 Å². The molecule has 0 unspecified atom stereocenters. The van der Waals surface area contributed by atoms with Gasteiger partial charge < -0.3 is 10.5 Å². The summed E-state index contributed by atoms with van der Waals surface area (Å²) >= 11 is 6.10. The lowest BCUT2D eigenvalue weighted by atomic mass is 9.94. The largest absolute Gasteiger partial charge is 0.495 e. The van der Waals surface area contributed by atoms with Gasteiger partial charge in [0.1, 0.15) is 5.75 Å². The van der Waals surface area contributed by atoms with Crippen LogP contribution in [0.1, 0.15) is 31.4 Å². The Morgan fingerprint density at radius 1 is 1.38 bits per heavy atom. The van der Waals surface area contributed by atoms with Gasteiger partial charge in [-0.2, -0.15) is 0 Å². The molecule has 0 radical (unpaired) electrons. The van der Waals surface area contributed by atoms with Crippen molar-refractivity contribution in [3.05, 3.63) is 28.3 Å². The zero-order valence-corrected chi connectivity index (χ0v) is 11.2. The zero-order valence-electron chi connectivity index (χ0n) is 10.4. The number of aryl methyl sites for hydroxylation is 2. The molecule has 0 aliphatic carbocycles. The minimum Gasteiger partial charge on any atom is -0.495 e. The van der Waals surface area contributed by atoms with Crippen LogP contribution in [-0.4, -0.2) is 12.6 Å². The van der Waals surface area contributed by atoms with E-state index >= 15 is 0 Å². The fourth-order valence-electron chi connectivity index (χ4n) is 1.58. The molecule has 0 aliphatic heterocycles. The summed E-state index contributed by atoms with van der Waals surface area (Å²) in [5.41, 5.74) is 8.27. The summed E-state index contributed by atoms with van der Waals surface area (Å²) in [6.45, 7) is 6.14. The minimum absolute atomic E-state index is 0.140. The molecule has 0 fully saturated rings. The Hall–Kier alpha value is -0.730. The Morgan fingerprint density at radius 2 is 2.00 bits per heavy atom. The van der Waals surface area contributed by atoms with E-state index in [4.69, 9.17) is 22.1 Å². The highest BCUT2D eigenvalue weighted by Gasteiger charge is 2.12. The lowest BCUT2D eigenvalue weighted by molar-refractivity contribution is 0.414. The van der Waals surface area contributed by atoms with Gasteiger partial charge in [-0.3, -0.25) is 0 Å². The predicted octanol–water partition coefficient (Wildman–Crippen LogP) is 3.33. The quantitative estimate of drug-likeness (QED) is 0.878. The number of hydrogen-bond acceptors (Lipinski definition) is 2. The molecule has 0 spiro atoms. The van der Waals surface area contributed by atoms with Crippen molar-refractivity contribution in [2.24, 2.45) is 5.73 Å². The van der Waals surface area contributed by atoms with E-state index < -0.39 is 0 Å². The van der Waals surface area contributed by atoms with Crippen LogP contribution < -0.4 is 10.5 Å². The van der Waals surface area contributed by atoms with Crippen molar-refractivity contribution < 1.29 is 4.74 Å². The molecule has 0 heterocycles. The van der Waals surface area contributed by atoms with E-state index in [9.17, 15) is 0 Å². The molecule has 0 aliphatic rings. The van der Waals surface area contributed by atoms with Gasteiger partial charge in [0.2, 0.25) is 0 Å². The van der Waals surface area contributed by atoms with Crippen LogP contribution in [-0.2, 0) is 6.42 Å². The number of ether oxygens (including phenoxy) is 1. The molecule has 2 N–H and O–H groups in total. The molecule has 2 nitrogen and oxygen atoms in total. The molecule has 1 rings (SSSR count). The standard InChI is InChI=1S/C13H20ClNO/c1-9-7-12(16-4)11(14)8-10(9)5-6-13(2,3)15/h7-8H,5-6,15H2,1-4H3. The summed E-state index contributed by atoms with van der Waals surface area (Å²) in [7, 11) is 1.63. The van der Waals surface area contributed by atoms with E-state index in [1.807, 2.05) is 26.0 Å². The van der Waals surface area contributed by atoms with Crippen LogP contribution in [0.5, 0.6) is 5.75 Å². The van der Waals surface area contributed by atoms with Gasteiger partial charge in [-0.15, -0.1) is 0 Å². The van der Waals surface area contributed by atoms with Crippen LogP contribution in [0.15, 0.2) is 12.1 Å². The molecule has 0 aromatic heterocycles. The van der Waals surface area contributed by atoms with Crippen molar-refractivity contribution in [1.82, 2.24) is 0 Å². The van der Waals surface area contributed by atoms with E-state index in [2.05, 4.69) is 6.92 Å². The summed E-state index contributed by atoms with van der Waals surface area (Å²) in [6.07, 6.45) is 1.88. The lowest BCUT2D eigenvalue weighted by Gasteiger charge is -2.19. The van der Waals surface area contributed by atoms with E-state index in [1.54, 1.807) is 7.11 Å². The Bertz CT molecular complexity index is 369. The van der Waals surface area contributed by atoms with E-state index in [0.29, 0.717) is 5.02 Å². The van der Waals surface area contributed by atoms with E-state index in [1.165, 1.54) is 11.1 Å². The fourth-order valence-corrected chi connectivity index (χ4v) is 1.84. The van der Waals surface area contributed by atoms with Gasteiger partial charge in [-0.25, -0.2) is 0 Å². The third-order valence-electron chi connectivity index (χ3n) is 2.65. The summed E-state index contributed by atoms with van der Waals surface area (Å²) in [6, 6.07) is 3.95. The number of methoxy groups -OCH3 is 1. The molecule has 90 valence electrons. The molecule has 0 amide bonds. The van der Waals surface area contributed by atoms with Gasteiger partial charge in [0.25, 0.3) is 0 Å². The first-order chi connectivity index (χ1) is 7.33.